The summed E-state index contributed by atoms with van der Waals surface area (Å²) in [5, 5.41) is 12.1. The van der Waals surface area contributed by atoms with Crippen LogP contribution in [0.15, 0.2) is 24.7 Å². The summed E-state index contributed by atoms with van der Waals surface area (Å²) in [6.07, 6.45) is 6.31. The smallest absolute Gasteiger partial charge is 0.252 e. The summed E-state index contributed by atoms with van der Waals surface area (Å²) in [4.78, 5) is 12.2. The summed E-state index contributed by atoms with van der Waals surface area (Å²) in [5.41, 5.74) is 9.65. The van der Waals surface area contributed by atoms with E-state index in [1.54, 1.807) is 15.4 Å². The molecule has 1 aliphatic heterocycles. The number of amides is 1. The van der Waals surface area contributed by atoms with Crippen LogP contribution in [0.5, 0.6) is 0 Å². The van der Waals surface area contributed by atoms with Crippen molar-refractivity contribution in [2.75, 3.05) is 24.7 Å². The summed E-state index contributed by atoms with van der Waals surface area (Å²) in [6.45, 7) is 6.67. The van der Waals surface area contributed by atoms with Crippen LogP contribution in [0.2, 0.25) is 0 Å². The van der Waals surface area contributed by atoms with Crippen LogP contribution >= 0.6 is 0 Å². The number of nitrogens with one attached hydrogen (secondary N) is 1. The molecule has 11 heteroatoms. The Hall–Kier alpha value is -2.92. The van der Waals surface area contributed by atoms with Crippen LogP contribution in [0.1, 0.15) is 29.9 Å². The van der Waals surface area contributed by atoms with Crippen molar-refractivity contribution in [3.8, 4) is 11.1 Å². The maximum atomic E-state index is 12.2. The summed E-state index contributed by atoms with van der Waals surface area (Å²) in [5.74, 6) is -0.603. The van der Waals surface area contributed by atoms with Crippen molar-refractivity contribution >= 4 is 27.1 Å². The molecule has 0 aliphatic carbocycles. The van der Waals surface area contributed by atoms with E-state index in [4.69, 9.17) is 5.73 Å². The van der Waals surface area contributed by atoms with Gasteiger partial charge in [-0.05, 0) is 18.4 Å². The number of fused-ring (bicyclic) bond motifs is 1. The highest BCUT2D eigenvalue weighted by molar-refractivity contribution is 7.88. The molecule has 166 valence electrons. The lowest BCUT2D eigenvalue weighted by molar-refractivity contribution is 0.100. The molecule has 0 saturated carbocycles. The van der Waals surface area contributed by atoms with Gasteiger partial charge in [0.15, 0.2) is 0 Å². The van der Waals surface area contributed by atoms with Gasteiger partial charge < -0.3 is 11.1 Å². The molecule has 4 rings (SSSR count). The van der Waals surface area contributed by atoms with Crippen molar-refractivity contribution in [1.29, 1.82) is 0 Å². The number of hydrogen-bond acceptors (Lipinski definition) is 6. The van der Waals surface area contributed by atoms with E-state index in [2.05, 4.69) is 15.5 Å². The molecule has 0 spiro atoms. The van der Waals surface area contributed by atoms with Gasteiger partial charge in [0.05, 0.1) is 35.4 Å². The highest BCUT2D eigenvalue weighted by Gasteiger charge is 2.43. The zero-order valence-corrected chi connectivity index (χ0v) is 19.1. The van der Waals surface area contributed by atoms with Gasteiger partial charge in [-0.3, -0.25) is 9.48 Å². The van der Waals surface area contributed by atoms with Crippen LogP contribution in [0.3, 0.4) is 0 Å². The number of carbonyl (C=O) groups excluding carboxylic acids is 1. The van der Waals surface area contributed by atoms with Gasteiger partial charge in [0.25, 0.3) is 5.91 Å². The molecule has 3 N–H and O–H groups in total. The first kappa shape index (κ1) is 21.3. The summed E-state index contributed by atoms with van der Waals surface area (Å²) in [6, 6.07) is 1.72. The first-order valence-electron chi connectivity index (χ1n) is 9.90. The van der Waals surface area contributed by atoms with Gasteiger partial charge in [-0.1, -0.05) is 13.8 Å². The monoisotopic (exact) mass is 445 g/mol. The van der Waals surface area contributed by atoms with Crippen LogP contribution in [0.4, 0.5) is 5.69 Å². The maximum Gasteiger partial charge on any atom is 0.252 e. The number of nitrogens with two attached hydrogens (primary N) is 1. The fourth-order valence-corrected chi connectivity index (χ4v) is 5.06. The van der Waals surface area contributed by atoms with Crippen molar-refractivity contribution < 1.29 is 13.2 Å². The summed E-state index contributed by atoms with van der Waals surface area (Å²) < 4.78 is 29.1. The number of primary amides is 1. The van der Waals surface area contributed by atoms with Gasteiger partial charge in [0.2, 0.25) is 10.0 Å². The van der Waals surface area contributed by atoms with E-state index in [0.29, 0.717) is 24.3 Å². The fraction of sp³-hybridized carbons (Fsp3) is 0.450. The third-order valence-corrected chi connectivity index (χ3v) is 7.37. The number of aromatic nitrogens is 4. The Bertz CT molecular complexity index is 1290. The molecule has 1 unspecified atom stereocenters. The first-order chi connectivity index (χ1) is 14.4. The second kappa shape index (κ2) is 7.06. The van der Waals surface area contributed by atoms with Gasteiger partial charge >= 0.3 is 0 Å². The Labute approximate surface area is 181 Å². The predicted molar refractivity (Wildman–Crippen MR) is 118 cm³/mol. The number of sulfonamides is 1. The largest absolute Gasteiger partial charge is 0.378 e. The molecule has 1 amide bonds. The van der Waals surface area contributed by atoms with Crippen molar-refractivity contribution in [3.63, 3.8) is 0 Å². The molecule has 0 radical (unpaired) electrons. The number of rotatable bonds is 5. The zero-order valence-electron chi connectivity index (χ0n) is 18.2. The van der Waals surface area contributed by atoms with E-state index in [9.17, 15) is 13.2 Å². The third kappa shape index (κ3) is 3.68. The standard InChI is InChI=1S/C20H27N7O3S/c1-12-14(7-22-25(12)4)13-6-16-18(15(19(21)28)8-23-27(16)9-13)24-17-10-26(31(5,29)30)11-20(17,2)3/h6-9,17,24H,10-11H2,1-5H3,(H2,21,28). The highest BCUT2D eigenvalue weighted by atomic mass is 32.2. The second-order valence-corrected chi connectivity index (χ2v) is 10.8. The minimum Gasteiger partial charge on any atom is -0.378 e. The highest BCUT2D eigenvalue weighted by Crippen LogP contribution is 2.36. The number of anilines is 1. The SMILES string of the molecule is Cc1c(-c2cc3c(NC4CN(S(C)(=O)=O)CC4(C)C)c(C(N)=O)cnn3c2)cnn1C. The van der Waals surface area contributed by atoms with Crippen molar-refractivity contribution in [2.45, 2.75) is 26.8 Å². The van der Waals surface area contributed by atoms with Crippen molar-refractivity contribution in [1.82, 2.24) is 23.7 Å². The van der Waals surface area contributed by atoms with Crippen LogP contribution in [0, 0.1) is 12.3 Å². The Morgan fingerprint density at radius 3 is 2.55 bits per heavy atom. The third-order valence-electron chi connectivity index (χ3n) is 6.15. The molecule has 4 heterocycles. The van der Waals surface area contributed by atoms with E-state index < -0.39 is 15.9 Å². The molecule has 1 saturated heterocycles. The Morgan fingerprint density at radius 2 is 2.00 bits per heavy atom. The molecule has 1 aliphatic rings. The maximum absolute atomic E-state index is 12.2. The van der Waals surface area contributed by atoms with Crippen molar-refractivity contribution in [2.24, 2.45) is 18.2 Å². The first-order valence-corrected chi connectivity index (χ1v) is 11.7. The van der Waals surface area contributed by atoms with Crippen molar-refractivity contribution in [3.05, 3.63) is 35.9 Å². The molecule has 0 aromatic carbocycles. The zero-order chi connectivity index (χ0) is 22.7. The fourth-order valence-electron chi connectivity index (χ4n) is 4.07. The molecule has 3 aromatic rings. The predicted octanol–water partition coefficient (Wildman–Crippen LogP) is 1.22. The number of carbonyl (C=O) groups is 1. The van der Waals surface area contributed by atoms with Gasteiger partial charge in [-0.25, -0.2) is 12.9 Å². The average molecular weight is 446 g/mol. The molecular formula is C20H27N7O3S. The van der Waals surface area contributed by atoms with E-state index >= 15 is 0 Å². The molecular weight excluding hydrogens is 418 g/mol. The topological polar surface area (TPSA) is 128 Å². The van der Waals surface area contributed by atoms with E-state index in [0.717, 1.165) is 16.8 Å². The van der Waals surface area contributed by atoms with Crippen LogP contribution in [-0.2, 0) is 17.1 Å². The Morgan fingerprint density at radius 1 is 1.29 bits per heavy atom. The van der Waals surface area contributed by atoms with Gasteiger partial charge in [0, 0.05) is 49.2 Å². The lowest BCUT2D eigenvalue weighted by Crippen LogP contribution is -2.35. The Balaban J connectivity index is 1.81. The molecule has 0 bridgehead atoms. The van der Waals surface area contributed by atoms with E-state index in [1.807, 2.05) is 40.1 Å². The van der Waals surface area contributed by atoms with Gasteiger partial charge in [-0.2, -0.15) is 14.5 Å². The molecule has 3 aromatic heterocycles. The molecule has 1 fully saturated rings. The number of aryl methyl sites for hydroxylation is 1. The van der Waals surface area contributed by atoms with E-state index in [-0.39, 0.29) is 17.0 Å². The normalized spacial score (nSPS) is 19.2. The lowest BCUT2D eigenvalue weighted by atomic mass is 9.87. The van der Waals surface area contributed by atoms with Crippen LogP contribution in [0.25, 0.3) is 16.6 Å². The average Bonchev–Trinajstić information content (AvgIpc) is 3.31. The van der Waals surface area contributed by atoms with Crippen LogP contribution in [-0.4, -0.2) is 63.4 Å². The molecule has 10 nitrogen and oxygen atoms in total. The lowest BCUT2D eigenvalue weighted by Gasteiger charge is -2.28. The number of hydrogen-bond donors (Lipinski definition) is 2. The summed E-state index contributed by atoms with van der Waals surface area (Å²) in [7, 11) is -1.45. The van der Waals surface area contributed by atoms with E-state index in [1.165, 1.54) is 16.8 Å². The van der Waals surface area contributed by atoms with Gasteiger partial charge in [-0.15, -0.1) is 0 Å². The van der Waals surface area contributed by atoms with Crippen LogP contribution < -0.4 is 11.1 Å². The minimum atomic E-state index is -3.33. The quantitative estimate of drug-likeness (QED) is 0.608. The molecule has 1 atom stereocenters. The molecule has 31 heavy (non-hydrogen) atoms. The Kier molecular flexibility index (Phi) is 4.85. The second-order valence-electron chi connectivity index (χ2n) is 8.86. The van der Waals surface area contributed by atoms with Gasteiger partial charge in [0.1, 0.15) is 0 Å². The number of nitrogens with zero attached hydrogens (tertiary/aromatic N) is 5. The minimum absolute atomic E-state index is 0.218. The summed E-state index contributed by atoms with van der Waals surface area (Å²) >= 11 is 0.